The van der Waals surface area contributed by atoms with E-state index in [0.717, 1.165) is 32.8 Å². The molecule has 122 valence electrons. The van der Waals surface area contributed by atoms with Gasteiger partial charge in [0.15, 0.2) is 0 Å². The molecule has 2 aromatic rings. The van der Waals surface area contributed by atoms with Gasteiger partial charge in [-0.05, 0) is 42.6 Å². The van der Waals surface area contributed by atoms with Gasteiger partial charge in [0.1, 0.15) is 0 Å². The Balaban J connectivity index is 0.00000156. The lowest BCUT2D eigenvalue weighted by Crippen LogP contribution is -2.46. The summed E-state index contributed by atoms with van der Waals surface area (Å²) >= 11 is 0. The molecule has 1 fully saturated rings. The zero-order valence-electron chi connectivity index (χ0n) is 13.4. The van der Waals surface area contributed by atoms with E-state index < -0.39 is 0 Å². The molecule has 1 spiro atoms. The minimum Gasteiger partial charge on any atom is -0.376 e. The molecular formula is C20H24ClNO. The Morgan fingerprint density at radius 3 is 2.39 bits per heavy atom. The fourth-order valence-electron chi connectivity index (χ4n) is 3.99. The first-order chi connectivity index (χ1) is 10.9. The van der Waals surface area contributed by atoms with Gasteiger partial charge in [0.25, 0.3) is 0 Å². The van der Waals surface area contributed by atoms with E-state index in [1.165, 1.54) is 24.0 Å². The fourth-order valence-corrected chi connectivity index (χ4v) is 3.99. The van der Waals surface area contributed by atoms with Crippen molar-refractivity contribution >= 4 is 12.4 Å². The van der Waals surface area contributed by atoms with Gasteiger partial charge in [-0.25, -0.2) is 0 Å². The Bertz CT molecular complexity index is 635. The van der Waals surface area contributed by atoms with Crippen LogP contribution in [0.25, 0.3) is 0 Å². The summed E-state index contributed by atoms with van der Waals surface area (Å²) in [5, 5.41) is 0. The Labute approximate surface area is 144 Å². The zero-order valence-corrected chi connectivity index (χ0v) is 14.2. The predicted molar refractivity (Wildman–Crippen MR) is 96.0 cm³/mol. The minimum atomic E-state index is 0. The molecule has 4 rings (SSSR count). The van der Waals surface area contributed by atoms with Gasteiger partial charge in [0.05, 0.1) is 13.2 Å². The van der Waals surface area contributed by atoms with E-state index in [2.05, 4.69) is 59.5 Å². The second-order valence-corrected chi connectivity index (χ2v) is 6.69. The first-order valence-electron chi connectivity index (χ1n) is 8.28. The molecule has 0 atom stereocenters. The average Bonchev–Trinajstić information content (AvgIpc) is 2.59. The Kier molecular flexibility index (Phi) is 5.05. The highest BCUT2D eigenvalue weighted by molar-refractivity contribution is 5.85. The number of nitrogens with zero attached hydrogens (tertiary/aromatic N) is 1. The number of benzene rings is 2. The van der Waals surface area contributed by atoms with Crippen LogP contribution in [0.15, 0.2) is 54.6 Å². The van der Waals surface area contributed by atoms with E-state index >= 15 is 0 Å². The molecule has 0 amide bonds. The Morgan fingerprint density at radius 1 is 0.913 bits per heavy atom. The van der Waals surface area contributed by atoms with Gasteiger partial charge in [0, 0.05) is 12.0 Å². The van der Waals surface area contributed by atoms with Crippen LogP contribution in [0.1, 0.15) is 29.5 Å². The molecular weight excluding hydrogens is 306 g/mol. The summed E-state index contributed by atoms with van der Waals surface area (Å²) in [6.07, 6.45) is 2.41. The minimum absolute atomic E-state index is 0. The summed E-state index contributed by atoms with van der Waals surface area (Å²) in [4.78, 5) is 2.58. The van der Waals surface area contributed by atoms with Gasteiger partial charge in [-0.15, -0.1) is 12.4 Å². The molecule has 0 aliphatic carbocycles. The lowest BCUT2D eigenvalue weighted by Gasteiger charge is -2.45. The third-order valence-corrected chi connectivity index (χ3v) is 5.29. The third-order valence-electron chi connectivity index (χ3n) is 5.29. The second-order valence-electron chi connectivity index (χ2n) is 6.69. The molecule has 1 saturated heterocycles. The first-order valence-corrected chi connectivity index (χ1v) is 8.28. The van der Waals surface area contributed by atoms with E-state index in [1.54, 1.807) is 5.56 Å². The standard InChI is InChI=1S/C20H23NO.ClH/c1-2-6-17(7-3-1)14-21-12-10-20(11-13-21)16-22-15-18-8-4-5-9-19(18)20;/h1-9H,10-16H2;1H. The topological polar surface area (TPSA) is 12.5 Å². The van der Waals surface area contributed by atoms with Crippen LogP contribution in [0.5, 0.6) is 0 Å². The number of rotatable bonds is 2. The summed E-state index contributed by atoms with van der Waals surface area (Å²) < 4.78 is 5.92. The van der Waals surface area contributed by atoms with Crippen molar-refractivity contribution in [2.24, 2.45) is 0 Å². The fraction of sp³-hybridized carbons (Fsp3) is 0.400. The summed E-state index contributed by atoms with van der Waals surface area (Å²) in [7, 11) is 0. The average molecular weight is 330 g/mol. The Hall–Kier alpha value is -1.35. The largest absolute Gasteiger partial charge is 0.376 e. The van der Waals surface area contributed by atoms with Crippen molar-refractivity contribution in [3.63, 3.8) is 0 Å². The maximum atomic E-state index is 5.92. The maximum absolute atomic E-state index is 5.92. The number of hydrogen-bond donors (Lipinski definition) is 0. The van der Waals surface area contributed by atoms with Crippen LogP contribution in [-0.4, -0.2) is 24.6 Å². The number of ether oxygens (including phenoxy) is 1. The maximum Gasteiger partial charge on any atom is 0.0720 e. The lowest BCUT2D eigenvalue weighted by atomic mass is 9.70. The van der Waals surface area contributed by atoms with Crippen molar-refractivity contribution in [3.8, 4) is 0 Å². The second kappa shape index (κ2) is 7.04. The van der Waals surface area contributed by atoms with Gasteiger partial charge < -0.3 is 4.74 Å². The first kappa shape index (κ1) is 16.5. The molecule has 0 radical (unpaired) electrons. The molecule has 0 saturated carbocycles. The van der Waals surface area contributed by atoms with Crippen LogP contribution >= 0.6 is 12.4 Å². The number of piperidine rings is 1. The van der Waals surface area contributed by atoms with Gasteiger partial charge in [0.2, 0.25) is 0 Å². The van der Waals surface area contributed by atoms with Crippen LogP contribution in [0.4, 0.5) is 0 Å². The smallest absolute Gasteiger partial charge is 0.0720 e. The summed E-state index contributed by atoms with van der Waals surface area (Å²) in [5.41, 5.74) is 4.60. The van der Waals surface area contributed by atoms with Crippen molar-refractivity contribution in [3.05, 3.63) is 71.3 Å². The molecule has 0 N–H and O–H groups in total. The van der Waals surface area contributed by atoms with Gasteiger partial charge in [-0.1, -0.05) is 54.6 Å². The van der Waals surface area contributed by atoms with Crippen molar-refractivity contribution in [2.75, 3.05) is 19.7 Å². The van der Waals surface area contributed by atoms with E-state index in [1.807, 2.05) is 0 Å². The van der Waals surface area contributed by atoms with Gasteiger partial charge in [-0.2, -0.15) is 0 Å². The molecule has 0 unspecified atom stereocenters. The molecule has 2 aliphatic rings. The van der Waals surface area contributed by atoms with Crippen molar-refractivity contribution in [1.82, 2.24) is 4.90 Å². The molecule has 0 bridgehead atoms. The molecule has 2 aromatic carbocycles. The van der Waals surface area contributed by atoms with E-state index in [9.17, 15) is 0 Å². The van der Waals surface area contributed by atoms with Crippen LogP contribution in [0, 0.1) is 0 Å². The number of fused-ring (bicyclic) bond motifs is 2. The summed E-state index contributed by atoms with van der Waals surface area (Å²) in [5.74, 6) is 0. The predicted octanol–water partition coefficient (Wildman–Crippen LogP) is 4.17. The summed E-state index contributed by atoms with van der Waals surface area (Å²) in [6.45, 7) is 5.06. The molecule has 23 heavy (non-hydrogen) atoms. The van der Waals surface area contributed by atoms with E-state index in [-0.39, 0.29) is 17.8 Å². The highest BCUT2D eigenvalue weighted by atomic mass is 35.5. The zero-order chi connectivity index (χ0) is 14.8. The van der Waals surface area contributed by atoms with Crippen LogP contribution in [-0.2, 0) is 23.3 Å². The number of hydrogen-bond acceptors (Lipinski definition) is 2. The highest BCUT2D eigenvalue weighted by Crippen LogP contribution is 2.40. The van der Waals surface area contributed by atoms with Crippen molar-refractivity contribution in [2.45, 2.75) is 31.4 Å². The van der Waals surface area contributed by atoms with Gasteiger partial charge in [-0.3, -0.25) is 4.90 Å². The van der Waals surface area contributed by atoms with Gasteiger partial charge >= 0.3 is 0 Å². The van der Waals surface area contributed by atoms with E-state index in [0.29, 0.717) is 0 Å². The third kappa shape index (κ3) is 3.30. The number of likely N-dealkylation sites (tertiary alicyclic amines) is 1. The van der Waals surface area contributed by atoms with Crippen LogP contribution in [0.3, 0.4) is 0 Å². The quantitative estimate of drug-likeness (QED) is 0.819. The van der Waals surface area contributed by atoms with Crippen LogP contribution in [0.2, 0.25) is 0 Å². The molecule has 3 heteroatoms. The normalized spacial score (nSPS) is 19.8. The molecule has 2 aliphatic heterocycles. The molecule has 2 heterocycles. The molecule has 0 aromatic heterocycles. The van der Waals surface area contributed by atoms with Crippen molar-refractivity contribution in [1.29, 1.82) is 0 Å². The molecule has 2 nitrogen and oxygen atoms in total. The number of halogens is 1. The van der Waals surface area contributed by atoms with E-state index in [4.69, 9.17) is 4.74 Å². The Morgan fingerprint density at radius 2 is 1.61 bits per heavy atom. The SMILES string of the molecule is Cl.c1ccc(CN2CCC3(CC2)COCc2ccccc23)cc1. The lowest BCUT2D eigenvalue weighted by molar-refractivity contribution is 0.0174. The van der Waals surface area contributed by atoms with Crippen molar-refractivity contribution < 1.29 is 4.74 Å². The highest BCUT2D eigenvalue weighted by Gasteiger charge is 2.39. The van der Waals surface area contributed by atoms with Crippen LogP contribution < -0.4 is 0 Å². The summed E-state index contributed by atoms with van der Waals surface area (Å²) in [6, 6.07) is 19.7. The monoisotopic (exact) mass is 329 g/mol.